The first-order valence-electron chi connectivity index (χ1n) is 6.58. The van der Waals surface area contributed by atoms with Crippen molar-refractivity contribution in [2.75, 3.05) is 6.61 Å². The van der Waals surface area contributed by atoms with Gasteiger partial charge in [-0.2, -0.15) is 5.26 Å². The molecule has 0 spiro atoms. The summed E-state index contributed by atoms with van der Waals surface area (Å²) < 4.78 is 6.55. The van der Waals surface area contributed by atoms with E-state index in [0.29, 0.717) is 9.64 Å². The molecule has 0 radical (unpaired) electrons. The lowest BCUT2D eigenvalue weighted by atomic mass is 10.2. The third-order valence-corrected chi connectivity index (χ3v) is 4.30. The highest BCUT2D eigenvalue weighted by molar-refractivity contribution is 7.73. The summed E-state index contributed by atoms with van der Waals surface area (Å²) >= 11 is 6.25. The SMILES string of the molecule is CCOC(=O)/C(C#N)=C(\N)c1sc(=S)n(-c2ccccc2)c1O. The number of nitrogens with two attached hydrogens (primary N) is 1. The first kappa shape index (κ1) is 16.7. The molecule has 0 aliphatic carbocycles. The van der Waals surface area contributed by atoms with E-state index in [-0.39, 0.29) is 28.6 Å². The number of hydrogen-bond acceptors (Lipinski definition) is 7. The third-order valence-electron chi connectivity index (χ3n) is 2.91. The molecule has 0 saturated carbocycles. The molecule has 0 atom stereocenters. The summed E-state index contributed by atoms with van der Waals surface area (Å²) in [7, 11) is 0. The molecule has 0 amide bonds. The van der Waals surface area contributed by atoms with Crippen LogP contribution in [0, 0.1) is 15.3 Å². The highest BCUT2D eigenvalue weighted by Gasteiger charge is 2.22. The van der Waals surface area contributed by atoms with E-state index in [1.807, 2.05) is 6.07 Å². The van der Waals surface area contributed by atoms with Gasteiger partial charge in [0, 0.05) is 0 Å². The van der Waals surface area contributed by atoms with Gasteiger partial charge in [-0.3, -0.25) is 4.57 Å². The standard InChI is InChI=1S/C15H13N3O3S2/c1-2-21-14(20)10(8-16)11(17)12-13(19)18(15(22)23-12)9-6-4-3-5-7-9/h3-7,19H,2,17H2,1H3/b11-10-. The number of carbonyl (C=O) groups excluding carboxylic acids is 1. The molecule has 1 heterocycles. The Morgan fingerprint density at radius 2 is 2.13 bits per heavy atom. The van der Waals surface area contributed by atoms with Crippen molar-refractivity contribution in [3.63, 3.8) is 0 Å². The van der Waals surface area contributed by atoms with Gasteiger partial charge in [0.05, 0.1) is 18.0 Å². The van der Waals surface area contributed by atoms with Crippen molar-refractivity contribution in [2.24, 2.45) is 5.73 Å². The summed E-state index contributed by atoms with van der Waals surface area (Å²) in [5, 5.41) is 19.6. The van der Waals surface area contributed by atoms with Crippen LogP contribution in [0.15, 0.2) is 35.9 Å². The monoisotopic (exact) mass is 347 g/mol. The molecule has 8 heteroatoms. The van der Waals surface area contributed by atoms with Gasteiger partial charge in [-0.05, 0) is 31.3 Å². The number of hydrogen-bond donors (Lipinski definition) is 2. The Morgan fingerprint density at radius 1 is 1.48 bits per heavy atom. The normalized spacial score (nSPS) is 11.5. The van der Waals surface area contributed by atoms with Crippen molar-refractivity contribution >= 4 is 35.2 Å². The minimum atomic E-state index is -0.836. The summed E-state index contributed by atoms with van der Waals surface area (Å²) in [6.45, 7) is 1.74. The number of para-hydroxylation sites is 1. The smallest absolute Gasteiger partial charge is 0.351 e. The van der Waals surface area contributed by atoms with Gasteiger partial charge >= 0.3 is 5.97 Å². The van der Waals surface area contributed by atoms with Gasteiger partial charge in [-0.25, -0.2) is 4.79 Å². The molecular weight excluding hydrogens is 334 g/mol. The number of ether oxygens (including phenoxy) is 1. The van der Waals surface area contributed by atoms with Crippen molar-refractivity contribution in [2.45, 2.75) is 6.92 Å². The predicted molar refractivity (Wildman–Crippen MR) is 89.5 cm³/mol. The van der Waals surface area contributed by atoms with Crippen LogP contribution in [0.25, 0.3) is 11.4 Å². The summed E-state index contributed by atoms with van der Waals surface area (Å²) in [5.74, 6) is -1.06. The largest absolute Gasteiger partial charge is 0.493 e. The average molecular weight is 347 g/mol. The first-order valence-corrected chi connectivity index (χ1v) is 7.81. The van der Waals surface area contributed by atoms with Crippen LogP contribution in [-0.2, 0) is 9.53 Å². The molecule has 0 unspecified atom stereocenters. The van der Waals surface area contributed by atoms with Crippen molar-refractivity contribution in [3.8, 4) is 17.6 Å². The molecule has 0 aliphatic rings. The van der Waals surface area contributed by atoms with E-state index in [1.165, 1.54) is 4.57 Å². The predicted octanol–water partition coefficient (Wildman–Crippen LogP) is 2.73. The minimum absolute atomic E-state index is 0.115. The van der Waals surface area contributed by atoms with Crippen LogP contribution in [0.1, 0.15) is 11.8 Å². The number of aromatic nitrogens is 1. The second-order valence-electron chi connectivity index (χ2n) is 4.31. The number of carbonyl (C=O) groups is 1. The van der Waals surface area contributed by atoms with Gasteiger partial charge in [0.25, 0.3) is 0 Å². The third kappa shape index (κ3) is 3.26. The quantitative estimate of drug-likeness (QED) is 0.382. The lowest BCUT2D eigenvalue weighted by Gasteiger charge is -2.06. The summed E-state index contributed by atoms with van der Waals surface area (Å²) in [5.41, 5.74) is 6.02. The van der Waals surface area contributed by atoms with Crippen LogP contribution in [0.2, 0.25) is 0 Å². The Morgan fingerprint density at radius 3 is 2.70 bits per heavy atom. The maximum atomic E-state index is 11.8. The van der Waals surface area contributed by atoms with E-state index in [4.69, 9.17) is 28.0 Å². The first-order chi connectivity index (χ1) is 11.0. The maximum Gasteiger partial charge on any atom is 0.351 e. The van der Waals surface area contributed by atoms with Crippen molar-refractivity contribution in [3.05, 3.63) is 44.7 Å². The molecule has 2 rings (SSSR count). The zero-order chi connectivity index (χ0) is 17.0. The number of nitriles is 1. The van der Waals surface area contributed by atoms with E-state index >= 15 is 0 Å². The van der Waals surface area contributed by atoms with Gasteiger partial charge < -0.3 is 15.6 Å². The zero-order valence-electron chi connectivity index (χ0n) is 12.1. The Kier molecular flexibility index (Phi) is 5.16. The highest BCUT2D eigenvalue weighted by atomic mass is 32.1. The number of aromatic hydroxyl groups is 1. The molecule has 1 aromatic heterocycles. The summed E-state index contributed by atoms with van der Waals surface area (Å²) in [4.78, 5) is 11.9. The van der Waals surface area contributed by atoms with E-state index in [0.717, 1.165) is 11.3 Å². The van der Waals surface area contributed by atoms with Gasteiger partial charge in [-0.1, -0.05) is 29.5 Å². The number of benzene rings is 1. The number of esters is 1. The lowest BCUT2D eigenvalue weighted by molar-refractivity contribution is -0.137. The molecule has 0 fully saturated rings. The number of thiazole rings is 1. The molecule has 0 aliphatic heterocycles. The van der Waals surface area contributed by atoms with E-state index in [9.17, 15) is 9.90 Å². The van der Waals surface area contributed by atoms with Crippen LogP contribution in [0.3, 0.4) is 0 Å². The van der Waals surface area contributed by atoms with Crippen LogP contribution in [0.5, 0.6) is 5.88 Å². The zero-order valence-corrected chi connectivity index (χ0v) is 13.8. The van der Waals surface area contributed by atoms with Crippen molar-refractivity contribution < 1.29 is 14.6 Å². The second-order valence-corrected chi connectivity index (χ2v) is 5.96. The summed E-state index contributed by atoms with van der Waals surface area (Å²) in [6, 6.07) is 10.7. The molecule has 23 heavy (non-hydrogen) atoms. The van der Waals surface area contributed by atoms with E-state index in [1.54, 1.807) is 37.3 Å². The molecular formula is C15H13N3O3S2. The van der Waals surface area contributed by atoms with Gasteiger partial charge in [0.1, 0.15) is 10.9 Å². The average Bonchev–Trinajstić information content (AvgIpc) is 2.84. The minimum Gasteiger partial charge on any atom is -0.493 e. The number of nitrogens with zero attached hydrogens (tertiary/aromatic N) is 2. The van der Waals surface area contributed by atoms with Gasteiger partial charge in [0.2, 0.25) is 5.88 Å². The Labute approximate surface area is 141 Å². The molecule has 3 N–H and O–H groups in total. The highest BCUT2D eigenvalue weighted by Crippen LogP contribution is 2.34. The molecule has 0 bridgehead atoms. The van der Waals surface area contributed by atoms with Crippen LogP contribution < -0.4 is 5.73 Å². The fourth-order valence-electron chi connectivity index (χ4n) is 1.88. The van der Waals surface area contributed by atoms with Crippen LogP contribution in [-0.4, -0.2) is 22.2 Å². The second kappa shape index (κ2) is 7.09. The Bertz CT molecular complexity index is 860. The molecule has 118 valence electrons. The molecule has 0 saturated heterocycles. The topological polar surface area (TPSA) is 101 Å². The van der Waals surface area contributed by atoms with Crippen molar-refractivity contribution in [1.29, 1.82) is 5.26 Å². The van der Waals surface area contributed by atoms with E-state index < -0.39 is 5.97 Å². The number of rotatable bonds is 4. The van der Waals surface area contributed by atoms with Crippen LogP contribution >= 0.6 is 23.6 Å². The molecule has 6 nitrogen and oxygen atoms in total. The van der Waals surface area contributed by atoms with Gasteiger partial charge in [0.15, 0.2) is 9.53 Å². The van der Waals surface area contributed by atoms with E-state index in [2.05, 4.69) is 0 Å². The fourth-order valence-corrected chi connectivity index (χ4v) is 3.17. The Hall–Kier alpha value is -2.63. The van der Waals surface area contributed by atoms with Gasteiger partial charge in [-0.15, -0.1) is 0 Å². The van der Waals surface area contributed by atoms with Crippen LogP contribution in [0.4, 0.5) is 0 Å². The van der Waals surface area contributed by atoms with Crippen molar-refractivity contribution in [1.82, 2.24) is 4.57 Å². The fraction of sp³-hybridized carbons (Fsp3) is 0.133. The maximum absolute atomic E-state index is 11.8. The lowest BCUT2D eigenvalue weighted by Crippen LogP contribution is -2.12. The molecule has 2 aromatic rings. The summed E-state index contributed by atoms with van der Waals surface area (Å²) in [6.07, 6.45) is 0. The Balaban J connectivity index is 2.60. The molecule has 1 aromatic carbocycles.